The summed E-state index contributed by atoms with van der Waals surface area (Å²) < 4.78 is 2.19. The molecule has 2 aliphatic heterocycles. The van der Waals surface area contributed by atoms with Gasteiger partial charge < -0.3 is 21.0 Å². The minimum Gasteiger partial charge on any atom is -0.477 e. The Labute approximate surface area is 218 Å². The van der Waals surface area contributed by atoms with Crippen LogP contribution in [0.5, 0.6) is 0 Å². The number of nitrogens with two attached hydrogens (primary N) is 1. The Kier molecular flexibility index (Phi) is 6.90. The van der Waals surface area contributed by atoms with E-state index in [4.69, 9.17) is 10.6 Å². The first-order valence-electron chi connectivity index (χ1n) is 11.0. The molecule has 1 saturated heterocycles. The van der Waals surface area contributed by atoms with Crippen LogP contribution in [0.3, 0.4) is 0 Å². The predicted molar refractivity (Wildman–Crippen MR) is 135 cm³/mol. The normalized spacial score (nSPS) is 21.6. The highest BCUT2D eigenvalue weighted by molar-refractivity contribution is 8.01. The van der Waals surface area contributed by atoms with E-state index in [1.165, 1.54) is 48.4 Å². The molecule has 11 nitrogen and oxygen atoms in total. The summed E-state index contributed by atoms with van der Waals surface area (Å²) in [5.74, 6) is -1.42. The van der Waals surface area contributed by atoms with Crippen LogP contribution in [0.4, 0.5) is 5.13 Å². The lowest BCUT2D eigenvalue weighted by Crippen LogP contribution is -2.71. The van der Waals surface area contributed by atoms with Crippen LogP contribution in [0.1, 0.15) is 24.6 Å². The second-order valence-corrected chi connectivity index (χ2v) is 11.4. The number of fused-ring (bicyclic) bond motifs is 1. The third-order valence-electron chi connectivity index (χ3n) is 5.90. The number of nitrogens with zero attached hydrogens (tertiary/aromatic N) is 4. The van der Waals surface area contributed by atoms with E-state index in [-0.39, 0.29) is 22.2 Å². The smallest absolute Gasteiger partial charge is 0.352 e. The number of thiazole rings is 1. The maximum absolute atomic E-state index is 13.0. The van der Waals surface area contributed by atoms with Gasteiger partial charge in [-0.25, -0.2) is 14.3 Å². The molecule has 4 N–H and O–H groups in total. The molecular weight excluding hydrogens is 524 g/mol. The summed E-state index contributed by atoms with van der Waals surface area (Å²) in [6.45, 7) is 0. The molecule has 5 rings (SSSR count). The van der Waals surface area contributed by atoms with Crippen molar-refractivity contribution in [1.29, 1.82) is 0 Å². The molecule has 188 valence electrons. The van der Waals surface area contributed by atoms with E-state index in [0.717, 1.165) is 16.2 Å². The van der Waals surface area contributed by atoms with Crippen LogP contribution < -0.4 is 15.6 Å². The summed E-state index contributed by atoms with van der Waals surface area (Å²) in [4.78, 5) is 49.1. The van der Waals surface area contributed by atoms with Crippen LogP contribution in [0.15, 0.2) is 51.2 Å². The van der Waals surface area contributed by atoms with Gasteiger partial charge in [-0.1, -0.05) is 5.16 Å². The third kappa shape index (κ3) is 4.80. The zero-order valence-electron chi connectivity index (χ0n) is 19.1. The highest BCUT2D eigenvalue weighted by Crippen LogP contribution is 2.41. The monoisotopic (exact) mass is 547 g/mol. The fourth-order valence-electron chi connectivity index (χ4n) is 4.00. The van der Waals surface area contributed by atoms with Gasteiger partial charge in [0, 0.05) is 46.8 Å². The number of nitrogen functional groups attached to an aromatic ring is 1. The molecule has 2 fully saturated rings. The molecule has 0 unspecified atom stereocenters. The van der Waals surface area contributed by atoms with Crippen molar-refractivity contribution in [2.45, 2.75) is 35.2 Å². The van der Waals surface area contributed by atoms with Crippen molar-refractivity contribution < 1.29 is 28.9 Å². The molecule has 2 aromatic rings. The second kappa shape index (κ2) is 10.1. The molecule has 1 saturated carbocycles. The molecule has 3 aliphatic rings. The predicted octanol–water partition coefficient (Wildman–Crippen LogP) is 1.23. The summed E-state index contributed by atoms with van der Waals surface area (Å²) in [5, 5.41) is 17.6. The maximum atomic E-state index is 13.0. The highest BCUT2D eigenvalue weighted by Gasteiger charge is 2.54. The largest absolute Gasteiger partial charge is 0.477 e. The van der Waals surface area contributed by atoms with Crippen molar-refractivity contribution in [3.05, 3.63) is 46.9 Å². The van der Waals surface area contributed by atoms with Crippen LogP contribution in [0, 0.1) is 0 Å². The molecule has 0 bridgehead atoms. The first kappa shape index (κ1) is 24.6. The fourth-order valence-corrected chi connectivity index (χ4v) is 6.92. The number of thioether (sulfide) groups is 2. The number of aromatic nitrogens is 2. The van der Waals surface area contributed by atoms with Gasteiger partial charge in [-0.05, 0) is 5.57 Å². The Hall–Kier alpha value is -3.10. The molecule has 0 radical (unpaired) electrons. The molecule has 2 amide bonds. The molecule has 0 aromatic carbocycles. The number of carbonyl (C=O) groups is 3. The average Bonchev–Trinajstić information content (AvgIpc) is 3.64. The molecule has 2 atom stereocenters. The Balaban J connectivity index is 1.27. The van der Waals surface area contributed by atoms with Crippen LogP contribution in [-0.4, -0.2) is 68.5 Å². The lowest BCUT2D eigenvalue weighted by Gasteiger charge is -2.49. The molecule has 36 heavy (non-hydrogen) atoms. The maximum Gasteiger partial charge on any atom is 0.352 e. The lowest BCUT2D eigenvalue weighted by atomic mass is 10.0. The topological polar surface area (TPSA) is 151 Å². The molecule has 0 spiro atoms. The number of hydrogen-bond acceptors (Lipinski definition) is 10. The van der Waals surface area contributed by atoms with Crippen molar-refractivity contribution in [3.63, 3.8) is 0 Å². The van der Waals surface area contributed by atoms with E-state index in [1.54, 1.807) is 5.38 Å². The van der Waals surface area contributed by atoms with Gasteiger partial charge in [-0.3, -0.25) is 14.5 Å². The van der Waals surface area contributed by atoms with Crippen molar-refractivity contribution in [2.24, 2.45) is 5.16 Å². The van der Waals surface area contributed by atoms with Gasteiger partial charge in [0.25, 0.3) is 11.8 Å². The number of hydrogen-bond donors (Lipinski definition) is 3. The number of anilines is 1. The van der Waals surface area contributed by atoms with Gasteiger partial charge in [0.05, 0.1) is 0 Å². The van der Waals surface area contributed by atoms with E-state index in [2.05, 4.69) is 20.0 Å². The van der Waals surface area contributed by atoms with Crippen molar-refractivity contribution in [2.75, 3.05) is 24.3 Å². The van der Waals surface area contributed by atoms with E-state index < -0.39 is 29.2 Å². The molecule has 14 heteroatoms. The van der Waals surface area contributed by atoms with Gasteiger partial charge in [-0.2, -0.15) is 0 Å². The Bertz CT molecular complexity index is 1270. The Morgan fingerprint density at radius 1 is 1.39 bits per heavy atom. The summed E-state index contributed by atoms with van der Waals surface area (Å²) in [5.41, 5.74) is 6.42. The summed E-state index contributed by atoms with van der Waals surface area (Å²) in [6.07, 6.45) is 6.50. The number of β-lactam (4-membered cyclic amide) rings is 1. The molecule has 2 aromatic heterocycles. The third-order valence-corrected chi connectivity index (χ3v) is 9.01. The van der Waals surface area contributed by atoms with Gasteiger partial charge in [0.15, 0.2) is 29.3 Å². The van der Waals surface area contributed by atoms with Crippen LogP contribution in [0.25, 0.3) is 0 Å². The number of amides is 2. The van der Waals surface area contributed by atoms with Crippen LogP contribution >= 0.6 is 34.9 Å². The minimum absolute atomic E-state index is 0.0104. The highest BCUT2D eigenvalue weighted by atomic mass is 32.2. The minimum atomic E-state index is -1.16. The number of oxime groups is 1. The zero-order chi connectivity index (χ0) is 25.4. The van der Waals surface area contributed by atoms with E-state index >= 15 is 0 Å². The number of aliphatic carboxylic acids is 1. The standard InChI is InChI=1S/C22H22N6O5S3/c1-33-26-15(14-10-36-22(23)24-14)18(29)25-16-19(30)28-17(21(31)32)11(9-35-20(16)28)8-34-13-4-6-27(7-5-13)12-2-3-12/h4-7,10,12,16,20H,2-3,8-9H2,1H3,(H3-,23,24,25,29,31,32)/p+1/t16-,20-/m1/s1. The molecule has 1 aliphatic carbocycles. The van der Waals surface area contributed by atoms with Gasteiger partial charge in [-0.15, -0.1) is 34.9 Å². The number of nitrogens with one attached hydrogen (secondary N) is 1. The quantitative estimate of drug-likeness (QED) is 0.138. The first-order valence-corrected chi connectivity index (χ1v) is 14.0. The number of carboxylic acids is 1. The van der Waals surface area contributed by atoms with Crippen molar-refractivity contribution >= 4 is 63.5 Å². The first-order chi connectivity index (χ1) is 17.4. The van der Waals surface area contributed by atoms with Gasteiger partial charge >= 0.3 is 5.97 Å². The van der Waals surface area contributed by atoms with E-state index in [0.29, 0.717) is 23.1 Å². The summed E-state index contributed by atoms with van der Waals surface area (Å²) in [7, 11) is 1.29. The SMILES string of the molecule is CON=C(C(=O)N[C@@H]1C(=O)N2C(C(=O)O)=C(CSc3cc[n+](C4CC4)cc3)CS[C@H]12)c1csc(N)n1. The van der Waals surface area contributed by atoms with Crippen molar-refractivity contribution in [1.82, 2.24) is 15.2 Å². The lowest BCUT2D eigenvalue weighted by molar-refractivity contribution is -0.700. The van der Waals surface area contributed by atoms with Crippen LogP contribution in [-0.2, 0) is 19.2 Å². The van der Waals surface area contributed by atoms with Crippen molar-refractivity contribution in [3.8, 4) is 0 Å². The van der Waals surface area contributed by atoms with E-state index in [1.807, 2.05) is 24.5 Å². The van der Waals surface area contributed by atoms with Gasteiger partial charge in [0.2, 0.25) is 0 Å². The molecular formula is C22H23N6O5S3+. The Morgan fingerprint density at radius 3 is 2.75 bits per heavy atom. The second-order valence-electron chi connectivity index (χ2n) is 8.31. The number of carboxylic acid groups (broad SMARTS) is 1. The molecule has 4 heterocycles. The fraction of sp³-hybridized carbons (Fsp3) is 0.364. The Morgan fingerprint density at radius 2 is 2.14 bits per heavy atom. The number of pyridine rings is 1. The number of rotatable bonds is 9. The zero-order valence-corrected chi connectivity index (χ0v) is 21.6. The number of carbonyl (C=O) groups excluding carboxylic acids is 2. The summed E-state index contributed by atoms with van der Waals surface area (Å²) in [6, 6.07) is 3.76. The average molecular weight is 548 g/mol. The van der Waals surface area contributed by atoms with Gasteiger partial charge in [0.1, 0.15) is 29.9 Å². The van der Waals surface area contributed by atoms with E-state index in [9.17, 15) is 19.5 Å². The summed E-state index contributed by atoms with van der Waals surface area (Å²) >= 11 is 4.10. The van der Waals surface area contributed by atoms with Crippen LogP contribution in [0.2, 0.25) is 0 Å².